The lowest BCUT2D eigenvalue weighted by Crippen LogP contribution is -2.12. The summed E-state index contributed by atoms with van der Waals surface area (Å²) in [5, 5.41) is 3.38. The van der Waals surface area contributed by atoms with Crippen molar-refractivity contribution in [2.75, 3.05) is 5.32 Å². The molecule has 0 radical (unpaired) electrons. The molecule has 0 atom stereocenters. The molecule has 0 aliphatic rings. The molecule has 124 valence electrons. The molecule has 0 saturated heterocycles. The van der Waals surface area contributed by atoms with E-state index in [9.17, 15) is 9.18 Å². The number of benzene rings is 2. The first-order valence-corrected chi connectivity index (χ1v) is 7.79. The molecule has 2 aromatic heterocycles. The Morgan fingerprint density at radius 3 is 2.64 bits per heavy atom. The van der Waals surface area contributed by atoms with Gasteiger partial charge in [-0.2, -0.15) is 4.39 Å². The summed E-state index contributed by atoms with van der Waals surface area (Å²) in [6.07, 6.45) is 0. The summed E-state index contributed by atoms with van der Waals surface area (Å²) in [4.78, 5) is 20.0. The lowest BCUT2D eigenvalue weighted by atomic mass is 10.1. The van der Waals surface area contributed by atoms with E-state index in [2.05, 4.69) is 15.3 Å². The van der Waals surface area contributed by atoms with Gasteiger partial charge in [0.2, 0.25) is 0 Å². The molecule has 2 heterocycles. The SMILES string of the molecule is O=C(Nc1ccc(Cl)cc1)c1cccc2[nH]c(-c3ccc(F)o3)nc12. The summed E-state index contributed by atoms with van der Waals surface area (Å²) >= 11 is 5.84. The monoisotopic (exact) mass is 355 g/mol. The molecule has 1 amide bonds. The van der Waals surface area contributed by atoms with Crippen molar-refractivity contribution < 1.29 is 13.6 Å². The van der Waals surface area contributed by atoms with Crippen LogP contribution in [0.5, 0.6) is 0 Å². The molecule has 0 bridgehead atoms. The topological polar surface area (TPSA) is 70.9 Å². The van der Waals surface area contributed by atoms with E-state index in [1.165, 1.54) is 12.1 Å². The summed E-state index contributed by atoms with van der Waals surface area (Å²) in [5.41, 5.74) is 2.13. The highest BCUT2D eigenvalue weighted by Crippen LogP contribution is 2.25. The number of anilines is 1. The standard InChI is InChI=1S/C18H11ClFN3O2/c19-10-4-6-11(7-5-10)21-18(24)12-2-1-3-13-16(12)23-17(22-13)14-8-9-15(20)25-14/h1-9H,(H,21,24)(H,22,23). The van der Waals surface area contributed by atoms with Crippen LogP contribution in [0.2, 0.25) is 5.02 Å². The fraction of sp³-hybridized carbons (Fsp3) is 0. The van der Waals surface area contributed by atoms with Crippen LogP contribution < -0.4 is 5.32 Å². The Hall–Kier alpha value is -3.12. The maximum absolute atomic E-state index is 13.1. The van der Waals surface area contributed by atoms with Crippen LogP contribution >= 0.6 is 11.6 Å². The molecular weight excluding hydrogens is 345 g/mol. The first-order valence-electron chi connectivity index (χ1n) is 7.41. The van der Waals surface area contributed by atoms with Crippen LogP contribution in [0.4, 0.5) is 10.1 Å². The van der Waals surface area contributed by atoms with Crippen molar-refractivity contribution in [2.24, 2.45) is 0 Å². The minimum absolute atomic E-state index is 0.262. The van der Waals surface area contributed by atoms with Crippen LogP contribution in [-0.4, -0.2) is 15.9 Å². The molecule has 0 fully saturated rings. The Morgan fingerprint density at radius 2 is 1.92 bits per heavy atom. The van der Waals surface area contributed by atoms with E-state index in [0.717, 1.165) is 0 Å². The summed E-state index contributed by atoms with van der Waals surface area (Å²) in [7, 11) is 0. The van der Waals surface area contributed by atoms with Crippen LogP contribution in [0.1, 0.15) is 10.4 Å². The number of nitrogens with zero attached hydrogens (tertiary/aromatic N) is 1. The third-order valence-electron chi connectivity index (χ3n) is 3.67. The van der Waals surface area contributed by atoms with Crippen molar-refractivity contribution in [2.45, 2.75) is 0 Å². The van der Waals surface area contributed by atoms with E-state index in [4.69, 9.17) is 16.0 Å². The molecule has 5 nitrogen and oxygen atoms in total. The number of hydrogen-bond acceptors (Lipinski definition) is 3. The van der Waals surface area contributed by atoms with Crippen LogP contribution in [0.15, 0.2) is 59.0 Å². The van der Waals surface area contributed by atoms with Crippen molar-refractivity contribution in [1.29, 1.82) is 0 Å². The maximum Gasteiger partial charge on any atom is 0.278 e. The van der Waals surface area contributed by atoms with Gasteiger partial charge in [0, 0.05) is 16.8 Å². The van der Waals surface area contributed by atoms with E-state index in [-0.39, 0.29) is 11.7 Å². The highest BCUT2D eigenvalue weighted by atomic mass is 35.5. The van der Waals surface area contributed by atoms with Crippen molar-refractivity contribution >= 4 is 34.2 Å². The van der Waals surface area contributed by atoms with E-state index >= 15 is 0 Å². The number of aromatic amines is 1. The van der Waals surface area contributed by atoms with Gasteiger partial charge in [-0.3, -0.25) is 4.79 Å². The number of aromatic nitrogens is 2. The Balaban J connectivity index is 1.70. The molecule has 2 N–H and O–H groups in total. The molecular formula is C18H11ClFN3O2. The number of imidazole rings is 1. The molecule has 0 spiro atoms. The van der Waals surface area contributed by atoms with E-state index < -0.39 is 6.01 Å². The zero-order chi connectivity index (χ0) is 17.4. The number of para-hydroxylation sites is 1. The second kappa shape index (κ2) is 6.07. The molecule has 25 heavy (non-hydrogen) atoms. The number of carbonyl (C=O) groups excluding carboxylic acids is 1. The lowest BCUT2D eigenvalue weighted by molar-refractivity contribution is 0.102. The third-order valence-corrected chi connectivity index (χ3v) is 3.92. The Morgan fingerprint density at radius 1 is 1.12 bits per heavy atom. The van der Waals surface area contributed by atoms with Crippen molar-refractivity contribution in [3.8, 4) is 11.6 Å². The number of amides is 1. The number of halogens is 2. The van der Waals surface area contributed by atoms with Crippen molar-refractivity contribution in [3.63, 3.8) is 0 Å². The van der Waals surface area contributed by atoms with Gasteiger partial charge in [-0.25, -0.2) is 4.98 Å². The first kappa shape index (κ1) is 15.4. The Bertz CT molecular complexity index is 1070. The lowest BCUT2D eigenvalue weighted by Gasteiger charge is -2.05. The van der Waals surface area contributed by atoms with Gasteiger partial charge >= 0.3 is 0 Å². The van der Waals surface area contributed by atoms with E-state index in [1.54, 1.807) is 42.5 Å². The van der Waals surface area contributed by atoms with Gasteiger partial charge in [0.25, 0.3) is 11.9 Å². The predicted molar refractivity (Wildman–Crippen MR) is 93.2 cm³/mol. The minimum Gasteiger partial charge on any atom is -0.428 e. The number of carbonyl (C=O) groups is 1. The summed E-state index contributed by atoms with van der Waals surface area (Å²) in [6, 6.07) is 14.0. The number of furan rings is 1. The zero-order valence-corrected chi connectivity index (χ0v) is 13.5. The molecule has 0 unspecified atom stereocenters. The normalized spacial score (nSPS) is 11.0. The minimum atomic E-state index is -0.698. The van der Waals surface area contributed by atoms with Gasteiger partial charge in [-0.05, 0) is 42.5 Å². The summed E-state index contributed by atoms with van der Waals surface area (Å²) < 4.78 is 18.0. The Labute approximate surface area is 146 Å². The summed E-state index contributed by atoms with van der Waals surface area (Å²) in [5.74, 6) is 0.306. The average Bonchev–Trinajstić information content (AvgIpc) is 3.22. The molecule has 2 aromatic carbocycles. The van der Waals surface area contributed by atoms with E-state index in [0.29, 0.717) is 33.1 Å². The zero-order valence-electron chi connectivity index (χ0n) is 12.7. The smallest absolute Gasteiger partial charge is 0.278 e. The second-order valence-electron chi connectivity index (χ2n) is 5.35. The largest absolute Gasteiger partial charge is 0.428 e. The maximum atomic E-state index is 13.1. The van der Waals surface area contributed by atoms with Crippen LogP contribution in [0.3, 0.4) is 0 Å². The van der Waals surface area contributed by atoms with Gasteiger partial charge < -0.3 is 14.7 Å². The van der Waals surface area contributed by atoms with Crippen LogP contribution in [-0.2, 0) is 0 Å². The molecule has 0 aliphatic carbocycles. The number of H-pyrrole nitrogens is 1. The highest BCUT2D eigenvalue weighted by Gasteiger charge is 2.16. The predicted octanol–water partition coefficient (Wildman–Crippen LogP) is 4.87. The average molecular weight is 356 g/mol. The van der Waals surface area contributed by atoms with Crippen molar-refractivity contribution in [3.05, 3.63) is 71.2 Å². The molecule has 7 heteroatoms. The van der Waals surface area contributed by atoms with Gasteiger partial charge in [0.05, 0.1) is 11.1 Å². The van der Waals surface area contributed by atoms with Crippen LogP contribution in [0, 0.1) is 6.01 Å². The molecule has 0 saturated carbocycles. The fourth-order valence-corrected chi connectivity index (χ4v) is 2.63. The number of rotatable bonds is 3. The van der Waals surface area contributed by atoms with Gasteiger partial charge in [0.1, 0.15) is 5.52 Å². The fourth-order valence-electron chi connectivity index (χ4n) is 2.51. The van der Waals surface area contributed by atoms with E-state index in [1.807, 2.05) is 0 Å². The first-order chi connectivity index (χ1) is 12.1. The van der Waals surface area contributed by atoms with Gasteiger partial charge in [-0.15, -0.1) is 0 Å². The number of nitrogens with one attached hydrogen (secondary N) is 2. The third kappa shape index (κ3) is 2.99. The van der Waals surface area contributed by atoms with Crippen molar-refractivity contribution in [1.82, 2.24) is 9.97 Å². The number of fused-ring (bicyclic) bond motifs is 1. The van der Waals surface area contributed by atoms with Gasteiger partial charge in [0.15, 0.2) is 11.6 Å². The Kier molecular flexibility index (Phi) is 3.74. The second-order valence-corrected chi connectivity index (χ2v) is 5.79. The quantitative estimate of drug-likeness (QED) is 0.551. The highest BCUT2D eigenvalue weighted by molar-refractivity contribution is 6.30. The molecule has 4 rings (SSSR count). The van der Waals surface area contributed by atoms with Gasteiger partial charge in [-0.1, -0.05) is 17.7 Å². The van der Waals surface area contributed by atoms with Crippen LogP contribution in [0.25, 0.3) is 22.6 Å². The number of hydrogen-bond donors (Lipinski definition) is 2. The molecule has 0 aliphatic heterocycles. The summed E-state index contributed by atoms with van der Waals surface area (Å²) in [6.45, 7) is 0. The molecule has 4 aromatic rings.